The van der Waals surface area contributed by atoms with Crippen molar-refractivity contribution in [1.82, 2.24) is 20.2 Å². The summed E-state index contributed by atoms with van der Waals surface area (Å²) in [4.78, 5) is 0. The van der Waals surface area contributed by atoms with Gasteiger partial charge in [0.1, 0.15) is 5.75 Å². The van der Waals surface area contributed by atoms with Gasteiger partial charge in [0.05, 0.1) is 18.7 Å². The Hall–Kier alpha value is -2.11. The molecule has 2 N–H and O–H groups in total. The van der Waals surface area contributed by atoms with Crippen LogP contribution in [0.5, 0.6) is 5.75 Å². The zero-order valence-corrected chi connectivity index (χ0v) is 12.1. The Morgan fingerprint density at radius 2 is 1.95 bits per heavy atom. The average molecular weight is 285 g/mol. The van der Waals surface area contributed by atoms with Crippen molar-refractivity contribution in [3.8, 4) is 17.1 Å². The minimum Gasteiger partial charge on any atom is -0.496 e. The fourth-order valence-electron chi connectivity index (χ4n) is 3.13. The van der Waals surface area contributed by atoms with Crippen molar-refractivity contribution < 1.29 is 4.74 Å². The first-order valence-corrected chi connectivity index (χ1v) is 7.49. The molecule has 110 valence electrons. The lowest BCUT2D eigenvalue weighted by molar-refractivity contribution is 0.355. The predicted octanol–water partition coefficient (Wildman–Crippen LogP) is 2.29. The van der Waals surface area contributed by atoms with Crippen molar-refractivity contribution >= 4 is 5.69 Å². The maximum atomic E-state index is 5.93. The lowest BCUT2D eigenvalue weighted by Crippen LogP contribution is -2.16. The minimum absolute atomic E-state index is 0.432. The number of tetrazole rings is 1. The van der Waals surface area contributed by atoms with Crippen LogP contribution in [0.3, 0.4) is 0 Å². The largest absolute Gasteiger partial charge is 0.496 e. The van der Waals surface area contributed by atoms with Crippen LogP contribution < -0.4 is 10.5 Å². The Bertz CT molecular complexity index is 648. The van der Waals surface area contributed by atoms with Crippen LogP contribution in [0.2, 0.25) is 0 Å². The first kappa shape index (κ1) is 12.6. The molecule has 0 aliphatic heterocycles. The van der Waals surface area contributed by atoms with E-state index in [2.05, 4.69) is 15.5 Å². The lowest BCUT2D eigenvalue weighted by Gasteiger charge is -2.18. The Balaban J connectivity index is 1.79. The van der Waals surface area contributed by atoms with Crippen LogP contribution in [0, 0.1) is 11.8 Å². The Labute approximate surface area is 123 Å². The van der Waals surface area contributed by atoms with Gasteiger partial charge in [-0.15, -0.1) is 5.10 Å². The van der Waals surface area contributed by atoms with Crippen molar-refractivity contribution in [3.63, 3.8) is 0 Å². The van der Waals surface area contributed by atoms with Gasteiger partial charge >= 0.3 is 0 Å². The summed E-state index contributed by atoms with van der Waals surface area (Å²) in [6, 6.07) is 6.02. The highest BCUT2D eigenvalue weighted by atomic mass is 16.5. The van der Waals surface area contributed by atoms with Crippen LogP contribution >= 0.6 is 0 Å². The molecule has 2 fully saturated rings. The molecule has 6 nitrogen and oxygen atoms in total. The molecule has 21 heavy (non-hydrogen) atoms. The van der Waals surface area contributed by atoms with E-state index < -0.39 is 0 Å². The molecule has 2 aliphatic rings. The van der Waals surface area contributed by atoms with E-state index in [0.717, 1.165) is 29.0 Å². The van der Waals surface area contributed by atoms with Crippen molar-refractivity contribution in [2.45, 2.75) is 31.7 Å². The molecule has 4 rings (SSSR count). The highest BCUT2D eigenvalue weighted by Gasteiger charge is 2.44. The SMILES string of the molecule is COc1ccc(N)cc1-c1nnnn1C(C1CC1)C1CC1. The topological polar surface area (TPSA) is 78.8 Å². The molecule has 0 atom stereocenters. The molecule has 0 unspecified atom stereocenters. The van der Waals surface area contributed by atoms with Gasteiger partial charge in [-0.3, -0.25) is 0 Å². The smallest absolute Gasteiger partial charge is 0.186 e. The number of hydrogen-bond donors (Lipinski definition) is 1. The number of nitrogens with two attached hydrogens (primary N) is 1. The lowest BCUT2D eigenvalue weighted by atomic mass is 10.1. The van der Waals surface area contributed by atoms with Crippen molar-refractivity contribution in [2.75, 3.05) is 12.8 Å². The number of nitrogens with zero attached hydrogens (tertiary/aromatic N) is 4. The van der Waals surface area contributed by atoms with Gasteiger partial charge in [0, 0.05) is 5.69 Å². The zero-order valence-electron chi connectivity index (χ0n) is 12.1. The average Bonchev–Trinajstić information content (AvgIpc) is 3.40. The third-order valence-corrected chi connectivity index (χ3v) is 4.45. The quantitative estimate of drug-likeness (QED) is 0.853. The Morgan fingerprint density at radius 1 is 1.24 bits per heavy atom. The van der Waals surface area contributed by atoms with Gasteiger partial charge in [0.25, 0.3) is 0 Å². The van der Waals surface area contributed by atoms with Gasteiger partial charge in [0.2, 0.25) is 0 Å². The number of nitrogen functional groups attached to an aromatic ring is 1. The molecule has 1 aromatic heterocycles. The summed E-state index contributed by atoms with van der Waals surface area (Å²) in [6.45, 7) is 0. The van der Waals surface area contributed by atoms with Gasteiger partial charge < -0.3 is 10.5 Å². The van der Waals surface area contributed by atoms with Gasteiger partial charge in [-0.25, -0.2) is 4.68 Å². The second-order valence-corrected chi connectivity index (χ2v) is 6.07. The first-order valence-electron chi connectivity index (χ1n) is 7.49. The first-order chi connectivity index (χ1) is 10.3. The van der Waals surface area contributed by atoms with Crippen molar-refractivity contribution in [3.05, 3.63) is 18.2 Å². The second kappa shape index (κ2) is 4.72. The molecule has 0 radical (unpaired) electrons. The molecule has 2 aliphatic carbocycles. The zero-order chi connectivity index (χ0) is 14.4. The van der Waals surface area contributed by atoms with Gasteiger partial charge in [0.15, 0.2) is 5.82 Å². The van der Waals surface area contributed by atoms with Crippen LogP contribution in [-0.4, -0.2) is 27.3 Å². The van der Waals surface area contributed by atoms with Gasteiger partial charge in [-0.05, 0) is 66.1 Å². The molecule has 1 aromatic carbocycles. The maximum absolute atomic E-state index is 5.93. The fourth-order valence-corrected chi connectivity index (χ4v) is 3.13. The minimum atomic E-state index is 0.432. The highest BCUT2D eigenvalue weighted by molar-refractivity contribution is 5.68. The van der Waals surface area contributed by atoms with E-state index >= 15 is 0 Å². The van der Waals surface area contributed by atoms with E-state index in [1.54, 1.807) is 7.11 Å². The van der Waals surface area contributed by atoms with Crippen LogP contribution in [0.4, 0.5) is 5.69 Å². The van der Waals surface area contributed by atoms with Crippen LogP contribution in [0.25, 0.3) is 11.4 Å². The maximum Gasteiger partial charge on any atom is 0.186 e. The molecular weight excluding hydrogens is 266 g/mol. The molecule has 2 aromatic rings. The summed E-state index contributed by atoms with van der Waals surface area (Å²) < 4.78 is 7.45. The van der Waals surface area contributed by atoms with E-state index in [0.29, 0.717) is 11.7 Å². The monoisotopic (exact) mass is 285 g/mol. The molecule has 0 saturated heterocycles. The molecular formula is C15H19N5O. The number of rotatable bonds is 5. The molecule has 0 spiro atoms. The molecule has 2 saturated carbocycles. The van der Waals surface area contributed by atoms with E-state index in [1.165, 1.54) is 25.7 Å². The summed E-state index contributed by atoms with van der Waals surface area (Å²) in [5.74, 6) is 2.98. The third kappa shape index (κ3) is 2.24. The molecule has 6 heteroatoms. The van der Waals surface area contributed by atoms with E-state index in [1.807, 2.05) is 22.9 Å². The van der Waals surface area contributed by atoms with Crippen LogP contribution in [-0.2, 0) is 0 Å². The third-order valence-electron chi connectivity index (χ3n) is 4.45. The number of aromatic nitrogens is 4. The van der Waals surface area contributed by atoms with Crippen LogP contribution in [0.1, 0.15) is 31.7 Å². The van der Waals surface area contributed by atoms with Crippen LogP contribution in [0.15, 0.2) is 18.2 Å². The van der Waals surface area contributed by atoms with Crippen molar-refractivity contribution in [1.29, 1.82) is 0 Å². The number of ether oxygens (including phenoxy) is 1. The summed E-state index contributed by atoms with van der Waals surface area (Å²) in [5.41, 5.74) is 7.48. The van der Waals surface area contributed by atoms with Gasteiger partial charge in [-0.2, -0.15) is 0 Å². The summed E-state index contributed by atoms with van der Waals surface area (Å²) in [7, 11) is 1.66. The summed E-state index contributed by atoms with van der Waals surface area (Å²) in [5, 5.41) is 12.4. The standard InChI is InChI=1S/C15H19N5O/c1-21-13-7-6-11(16)8-12(13)15-17-18-19-20(15)14(9-2-3-9)10-4-5-10/h6-10,14H,2-5,16H2,1H3. The fraction of sp³-hybridized carbons (Fsp3) is 0.533. The summed E-state index contributed by atoms with van der Waals surface area (Å²) in [6.07, 6.45) is 5.14. The number of anilines is 1. The molecule has 1 heterocycles. The highest BCUT2D eigenvalue weighted by Crippen LogP contribution is 2.52. The number of hydrogen-bond acceptors (Lipinski definition) is 5. The predicted molar refractivity (Wildman–Crippen MR) is 78.7 cm³/mol. The molecule has 0 amide bonds. The Morgan fingerprint density at radius 3 is 2.57 bits per heavy atom. The van der Waals surface area contributed by atoms with E-state index in [9.17, 15) is 0 Å². The second-order valence-electron chi connectivity index (χ2n) is 6.07. The Kier molecular flexibility index (Phi) is 2.83. The van der Waals surface area contributed by atoms with E-state index in [-0.39, 0.29) is 0 Å². The summed E-state index contributed by atoms with van der Waals surface area (Å²) >= 11 is 0. The molecule has 0 bridgehead atoms. The van der Waals surface area contributed by atoms with Gasteiger partial charge in [-0.1, -0.05) is 0 Å². The van der Waals surface area contributed by atoms with Crippen molar-refractivity contribution in [2.24, 2.45) is 11.8 Å². The number of benzene rings is 1. The van der Waals surface area contributed by atoms with E-state index in [4.69, 9.17) is 10.5 Å². The normalized spacial score (nSPS) is 18.2. The number of methoxy groups -OCH3 is 1.